The molecule has 4 nitrogen and oxygen atoms in total. The van der Waals surface area contributed by atoms with Crippen LogP contribution in [-0.4, -0.2) is 22.4 Å². The first-order chi connectivity index (χ1) is 13.0. The number of aryl methyl sites for hydroxylation is 1. The Kier molecular flexibility index (Phi) is 4.66. The predicted octanol–water partition coefficient (Wildman–Crippen LogP) is 3.86. The lowest BCUT2D eigenvalue weighted by Gasteiger charge is -2.12. The average Bonchev–Trinajstić information content (AvgIpc) is 3.17. The maximum Gasteiger partial charge on any atom is 0.151 e. The first-order valence-corrected chi connectivity index (χ1v) is 8.98. The number of para-hydroxylation sites is 1. The van der Waals surface area contributed by atoms with Crippen molar-refractivity contribution in [2.24, 2.45) is 0 Å². The zero-order valence-electron chi connectivity index (χ0n) is 15.3. The molecular formula is C21H21F2N3O. The number of benzene rings is 2. The Balaban J connectivity index is 1.44. The largest absolute Gasteiger partial charge is 0.488 e. The number of rotatable bonds is 5. The number of halogens is 2. The quantitative estimate of drug-likeness (QED) is 0.742. The molecule has 27 heavy (non-hydrogen) atoms. The van der Waals surface area contributed by atoms with Gasteiger partial charge in [0.15, 0.2) is 5.82 Å². The average molecular weight is 369 g/mol. The number of fused-ring (bicyclic) bond motifs is 1. The number of hydrogen-bond donors (Lipinski definition) is 1. The molecule has 0 saturated carbocycles. The predicted molar refractivity (Wildman–Crippen MR) is 99.2 cm³/mol. The van der Waals surface area contributed by atoms with Gasteiger partial charge in [-0.3, -0.25) is 0 Å². The maximum atomic E-state index is 14.1. The summed E-state index contributed by atoms with van der Waals surface area (Å²) in [6.45, 7) is 5.10. The van der Waals surface area contributed by atoms with Gasteiger partial charge in [-0.05, 0) is 37.6 Å². The Labute approximate surface area is 156 Å². The van der Waals surface area contributed by atoms with Crippen LogP contribution >= 0.6 is 0 Å². The topological polar surface area (TPSA) is 39.1 Å². The van der Waals surface area contributed by atoms with Gasteiger partial charge in [0.25, 0.3) is 0 Å². The van der Waals surface area contributed by atoms with Crippen molar-refractivity contribution in [1.82, 2.24) is 15.1 Å². The standard InChI is InChI=1S/C21H21F2N3O/c1-13-18(12-24-11-17-9-15-5-3-4-6-21(15)27-17)14(2)26(25-13)20-8-7-16(22)10-19(20)23/h3-8,10,17,24H,9,11-12H2,1-2H3/t17-/m0/s1. The molecule has 140 valence electrons. The molecule has 2 heterocycles. The normalized spacial score (nSPS) is 15.6. The van der Waals surface area contributed by atoms with Crippen molar-refractivity contribution in [3.05, 3.63) is 76.6 Å². The molecule has 0 radical (unpaired) electrons. The van der Waals surface area contributed by atoms with Gasteiger partial charge in [-0.15, -0.1) is 0 Å². The molecular weight excluding hydrogens is 348 g/mol. The molecule has 6 heteroatoms. The lowest BCUT2D eigenvalue weighted by atomic mass is 10.1. The fourth-order valence-corrected chi connectivity index (χ4v) is 3.54. The minimum Gasteiger partial charge on any atom is -0.488 e. The second kappa shape index (κ2) is 7.12. The van der Waals surface area contributed by atoms with E-state index in [-0.39, 0.29) is 11.8 Å². The van der Waals surface area contributed by atoms with Gasteiger partial charge in [0.1, 0.15) is 23.4 Å². The Morgan fingerprint density at radius 1 is 1.19 bits per heavy atom. The second-order valence-electron chi connectivity index (χ2n) is 6.84. The van der Waals surface area contributed by atoms with Crippen molar-refractivity contribution >= 4 is 0 Å². The highest BCUT2D eigenvalue weighted by Gasteiger charge is 2.22. The van der Waals surface area contributed by atoms with Crippen molar-refractivity contribution < 1.29 is 13.5 Å². The van der Waals surface area contributed by atoms with Gasteiger partial charge in [-0.25, -0.2) is 13.5 Å². The lowest BCUT2D eigenvalue weighted by molar-refractivity contribution is 0.227. The highest BCUT2D eigenvalue weighted by atomic mass is 19.1. The summed E-state index contributed by atoms with van der Waals surface area (Å²) in [5, 5.41) is 7.85. The second-order valence-corrected chi connectivity index (χ2v) is 6.84. The van der Waals surface area contributed by atoms with Gasteiger partial charge in [0, 0.05) is 36.8 Å². The van der Waals surface area contributed by atoms with E-state index in [1.54, 1.807) is 0 Å². The molecule has 0 spiro atoms. The van der Waals surface area contributed by atoms with Crippen LogP contribution in [0.4, 0.5) is 8.78 Å². The number of ether oxygens (including phenoxy) is 1. The lowest BCUT2D eigenvalue weighted by Crippen LogP contribution is -2.30. The van der Waals surface area contributed by atoms with Crippen molar-refractivity contribution in [3.8, 4) is 11.4 Å². The summed E-state index contributed by atoms with van der Waals surface area (Å²) in [4.78, 5) is 0. The van der Waals surface area contributed by atoms with Gasteiger partial charge in [-0.2, -0.15) is 5.10 Å². The van der Waals surface area contributed by atoms with Gasteiger partial charge in [-0.1, -0.05) is 18.2 Å². The van der Waals surface area contributed by atoms with E-state index < -0.39 is 11.6 Å². The summed E-state index contributed by atoms with van der Waals surface area (Å²) in [5.74, 6) is -0.272. The van der Waals surface area contributed by atoms with Crippen LogP contribution in [0.25, 0.3) is 5.69 Å². The highest BCUT2D eigenvalue weighted by molar-refractivity contribution is 5.39. The Morgan fingerprint density at radius 2 is 2.00 bits per heavy atom. The number of hydrogen-bond acceptors (Lipinski definition) is 3. The third-order valence-corrected chi connectivity index (χ3v) is 4.97. The monoisotopic (exact) mass is 369 g/mol. The van der Waals surface area contributed by atoms with E-state index in [2.05, 4.69) is 16.5 Å². The molecule has 1 N–H and O–H groups in total. The molecule has 0 aliphatic carbocycles. The molecule has 4 rings (SSSR count). The molecule has 0 amide bonds. The summed E-state index contributed by atoms with van der Waals surface area (Å²) in [5.41, 5.74) is 4.14. The third-order valence-electron chi connectivity index (χ3n) is 4.97. The summed E-state index contributed by atoms with van der Waals surface area (Å²) in [6.07, 6.45) is 0.994. The Morgan fingerprint density at radius 3 is 2.78 bits per heavy atom. The fraction of sp³-hybridized carbons (Fsp3) is 0.286. The molecule has 1 atom stereocenters. The number of aromatic nitrogens is 2. The van der Waals surface area contributed by atoms with Crippen molar-refractivity contribution in [3.63, 3.8) is 0 Å². The summed E-state index contributed by atoms with van der Waals surface area (Å²) >= 11 is 0. The van der Waals surface area contributed by atoms with Crippen molar-refractivity contribution in [2.75, 3.05) is 6.54 Å². The van der Waals surface area contributed by atoms with Gasteiger partial charge in [0.05, 0.1) is 5.69 Å². The van der Waals surface area contributed by atoms with Crippen LogP contribution in [-0.2, 0) is 13.0 Å². The van der Waals surface area contributed by atoms with E-state index in [0.717, 1.165) is 35.2 Å². The van der Waals surface area contributed by atoms with Crippen LogP contribution < -0.4 is 10.1 Å². The van der Waals surface area contributed by atoms with Crippen LogP contribution in [0.15, 0.2) is 42.5 Å². The number of nitrogens with one attached hydrogen (secondary N) is 1. The first-order valence-electron chi connectivity index (χ1n) is 8.98. The van der Waals surface area contributed by atoms with Crippen LogP contribution in [0.3, 0.4) is 0 Å². The zero-order chi connectivity index (χ0) is 19.0. The minimum atomic E-state index is -0.628. The third kappa shape index (κ3) is 3.45. The van der Waals surface area contributed by atoms with Crippen LogP contribution in [0.5, 0.6) is 5.75 Å². The van der Waals surface area contributed by atoms with Crippen molar-refractivity contribution in [2.45, 2.75) is 32.9 Å². The molecule has 3 aromatic rings. The van der Waals surface area contributed by atoms with Crippen LogP contribution in [0.2, 0.25) is 0 Å². The SMILES string of the molecule is Cc1nn(-c2ccc(F)cc2F)c(C)c1CNC[C@@H]1Cc2ccccc2O1. The minimum absolute atomic E-state index is 0.104. The molecule has 0 saturated heterocycles. The Hall–Kier alpha value is -2.73. The van der Waals surface area contributed by atoms with Gasteiger partial charge >= 0.3 is 0 Å². The smallest absolute Gasteiger partial charge is 0.151 e. The maximum absolute atomic E-state index is 14.1. The summed E-state index contributed by atoms with van der Waals surface area (Å²) < 4.78 is 34.7. The van der Waals surface area contributed by atoms with Gasteiger partial charge < -0.3 is 10.1 Å². The zero-order valence-corrected chi connectivity index (χ0v) is 15.3. The van der Waals surface area contributed by atoms with Crippen molar-refractivity contribution in [1.29, 1.82) is 0 Å². The van der Waals surface area contributed by atoms with E-state index in [1.807, 2.05) is 32.0 Å². The number of nitrogens with zero attached hydrogens (tertiary/aromatic N) is 2. The fourth-order valence-electron chi connectivity index (χ4n) is 3.54. The van der Waals surface area contributed by atoms with E-state index >= 15 is 0 Å². The van der Waals surface area contributed by atoms with E-state index in [1.165, 1.54) is 22.4 Å². The summed E-state index contributed by atoms with van der Waals surface area (Å²) in [7, 11) is 0. The molecule has 0 fully saturated rings. The van der Waals surface area contributed by atoms with E-state index in [0.29, 0.717) is 13.1 Å². The molecule has 1 aromatic heterocycles. The Bertz CT molecular complexity index is 959. The van der Waals surface area contributed by atoms with Gasteiger partial charge in [0.2, 0.25) is 0 Å². The van der Waals surface area contributed by atoms with E-state index in [9.17, 15) is 8.78 Å². The summed E-state index contributed by atoms with van der Waals surface area (Å²) in [6, 6.07) is 11.6. The molecule has 2 aromatic carbocycles. The molecule has 1 aliphatic rings. The highest BCUT2D eigenvalue weighted by Crippen LogP contribution is 2.28. The molecule has 0 bridgehead atoms. The molecule has 1 aliphatic heterocycles. The van der Waals surface area contributed by atoms with Crippen LogP contribution in [0.1, 0.15) is 22.5 Å². The van der Waals surface area contributed by atoms with E-state index in [4.69, 9.17) is 4.74 Å². The first kappa shape index (κ1) is 17.7. The van der Waals surface area contributed by atoms with Crippen LogP contribution in [0, 0.1) is 25.5 Å². The molecule has 0 unspecified atom stereocenters.